The quantitative estimate of drug-likeness (QED) is 0.119. The van der Waals surface area contributed by atoms with E-state index in [4.69, 9.17) is 21.7 Å². The lowest BCUT2D eigenvalue weighted by atomic mass is 9.96. The number of primary amides is 1. The Morgan fingerprint density at radius 2 is 1.42 bits per heavy atom. The van der Waals surface area contributed by atoms with Crippen LogP contribution in [0.1, 0.15) is 46.5 Å². The van der Waals surface area contributed by atoms with Gasteiger partial charge in [0, 0.05) is 6.42 Å². The second-order valence-electron chi connectivity index (χ2n) is 7.71. The Hall–Kier alpha value is -3.26. The molecule has 0 aliphatic carbocycles. The van der Waals surface area contributed by atoms with Crippen molar-refractivity contribution in [1.29, 1.82) is 0 Å². The molecule has 6 atom stereocenters. The molecular formula is C19H33N5O9. The first-order valence-electron chi connectivity index (χ1n) is 10.3. The molecule has 14 heteroatoms. The maximum absolute atomic E-state index is 12.8. The Labute approximate surface area is 190 Å². The number of rotatable bonds is 15. The Morgan fingerprint density at radius 3 is 1.85 bits per heavy atom. The van der Waals surface area contributed by atoms with Gasteiger partial charge in [-0.05, 0) is 19.3 Å². The number of carboxylic acids is 2. The molecule has 0 aromatic rings. The molecule has 4 amide bonds. The van der Waals surface area contributed by atoms with Crippen LogP contribution in [0.25, 0.3) is 0 Å². The van der Waals surface area contributed by atoms with Crippen molar-refractivity contribution < 1.29 is 44.1 Å². The molecule has 0 aromatic carbocycles. The van der Waals surface area contributed by atoms with Gasteiger partial charge in [-0.25, -0.2) is 4.79 Å². The van der Waals surface area contributed by atoms with E-state index in [1.807, 2.05) is 0 Å². The highest BCUT2D eigenvalue weighted by atomic mass is 16.4. The highest BCUT2D eigenvalue weighted by Gasteiger charge is 2.34. The van der Waals surface area contributed by atoms with Crippen LogP contribution in [0.5, 0.6) is 0 Å². The van der Waals surface area contributed by atoms with Gasteiger partial charge < -0.3 is 42.7 Å². The smallest absolute Gasteiger partial charge is 0.328 e. The predicted octanol–water partition coefficient (Wildman–Crippen LogP) is -2.98. The van der Waals surface area contributed by atoms with Gasteiger partial charge in [0.25, 0.3) is 0 Å². The lowest BCUT2D eigenvalue weighted by Gasteiger charge is -2.28. The van der Waals surface area contributed by atoms with E-state index in [0.29, 0.717) is 6.42 Å². The zero-order valence-corrected chi connectivity index (χ0v) is 18.7. The molecule has 0 aromatic heterocycles. The molecule has 10 N–H and O–H groups in total. The van der Waals surface area contributed by atoms with Gasteiger partial charge in [-0.15, -0.1) is 0 Å². The van der Waals surface area contributed by atoms with E-state index in [2.05, 4.69) is 16.0 Å². The van der Waals surface area contributed by atoms with Crippen molar-refractivity contribution >= 4 is 35.6 Å². The van der Waals surface area contributed by atoms with Crippen LogP contribution in [-0.4, -0.2) is 81.2 Å². The average Bonchev–Trinajstić information content (AvgIpc) is 2.70. The number of hydrogen-bond acceptors (Lipinski definition) is 8. The highest BCUT2D eigenvalue weighted by molar-refractivity contribution is 5.95. The van der Waals surface area contributed by atoms with Crippen LogP contribution >= 0.6 is 0 Å². The number of aliphatic carboxylic acids is 2. The molecule has 0 aliphatic heterocycles. The van der Waals surface area contributed by atoms with Crippen molar-refractivity contribution in [2.24, 2.45) is 17.4 Å². The fourth-order valence-electron chi connectivity index (χ4n) is 2.70. The fourth-order valence-corrected chi connectivity index (χ4v) is 2.70. The van der Waals surface area contributed by atoms with E-state index in [9.17, 15) is 33.9 Å². The van der Waals surface area contributed by atoms with E-state index in [-0.39, 0.29) is 12.8 Å². The van der Waals surface area contributed by atoms with Gasteiger partial charge in [0.2, 0.25) is 23.6 Å². The first kappa shape index (κ1) is 29.7. The van der Waals surface area contributed by atoms with Gasteiger partial charge in [-0.2, -0.15) is 0 Å². The van der Waals surface area contributed by atoms with Crippen LogP contribution in [0, 0.1) is 5.92 Å². The molecule has 0 spiro atoms. The van der Waals surface area contributed by atoms with Crippen molar-refractivity contribution in [3.63, 3.8) is 0 Å². The molecule has 0 saturated carbocycles. The van der Waals surface area contributed by atoms with Crippen molar-refractivity contribution in [2.75, 3.05) is 0 Å². The minimum absolute atomic E-state index is 0.257. The number of amides is 4. The Balaban J connectivity index is 5.63. The summed E-state index contributed by atoms with van der Waals surface area (Å²) < 4.78 is 0. The van der Waals surface area contributed by atoms with Crippen LogP contribution in [-0.2, 0) is 28.8 Å². The van der Waals surface area contributed by atoms with Crippen LogP contribution in [0.3, 0.4) is 0 Å². The number of aliphatic hydroxyl groups is 1. The number of carbonyl (C=O) groups excluding carboxylic acids is 4. The van der Waals surface area contributed by atoms with Crippen molar-refractivity contribution in [3.8, 4) is 0 Å². The van der Waals surface area contributed by atoms with Crippen LogP contribution in [0.15, 0.2) is 0 Å². The molecule has 33 heavy (non-hydrogen) atoms. The van der Waals surface area contributed by atoms with E-state index in [1.54, 1.807) is 13.8 Å². The minimum atomic E-state index is -1.62. The number of hydrogen-bond donors (Lipinski definition) is 8. The number of aliphatic hydroxyl groups excluding tert-OH is 1. The third-order valence-corrected chi connectivity index (χ3v) is 4.88. The minimum Gasteiger partial charge on any atom is -0.481 e. The SMILES string of the molecule is CCC(C)C(NC(=O)C(CCC(N)=O)NC(=O)C(N)CC(=O)O)C(=O)NC(C(=O)O)C(C)O. The van der Waals surface area contributed by atoms with Gasteiger partial charge in [0.15, 0.2) is 6.04 Å². The van der Waals surface area contributed by atoms with Gasteiger partial charge in [-0.1, -0.05) is 20.3 Å². The second kappa shape index (κ2) is 14.0. The average molecular weight is 475 g/mol. The standard InChI is InChI=1S/C19H33N5O9/c1-4-8(2)14(18(31)24-15(9(3)25)19(32)33)23-17(30)11(5-6-12(21)26)22-16(29)10(20)7-13(27)28/h8-11,14-15,25H,4-7,20H2,1-3H3,(H2,21,26)(H,22,29)(H,23,30)(H,24,31)(H,27,28)(H,32,33). The zero-order valence-electron chi connectivity index (χ0n) is 18.7. The van der Waals surface area contributed by atoms with E-state index in [1.165, 1.54) is 6.92 Å². The third kappa shape index (κ3) is 10.7. The summed E-state index contributed by atoms with van der Waals surface area (Å²) in [7, 11) is 0. The van der Waals surface area contributed by atoms with Crippen LogP contribution in [0.2, 0.25) is 0 Å². The summed E-state index contributed by atoms with van der Waals surface area (Å²) in [4.78, 5) is 70.9. The molecule has 0 radical (unpaired) electrons. The highest BCUT2D eigenvalue weighted by Crippen LogP contribution is 2.10. The molecule has 0 saturated heterocycles. The molecule has 0 rings (SSSR count). The predicted molar refractivity (Wildman–Crippen MR) is 113 cm³/mol. The zero-order chi connectivity index (χ0) is 25.9. The maximum Gasteiger partial charge on any atom is 0.328 e. The Morgan fingerprint density at radius 1 is 0.879 bits per heavy atom. The number of nitrogens with two attached hydrogens (primary N) is 2. The summed E-state index contributed by atoms with van der Waals surface area (Å²) in [6, 6.07) is -5.72. The first-order valence-corrected chi connectivity index (χ1v) is 10.3. The molecule has 0 heterocycles. The van der Waals surface area contributed by atoms with Gasteiger partial charge in [0.1, 0.15) is 12.1 Å². The summed E-state index contributed by atoms with van der Waals surface area (Å²) in [5.41, 5.74) is 10.6. The molecule has 14 nitrogen and oxygen atoms in total. The Kier molecular flexibility index (Phi) is 12.6. The summed E-state index contributed by atoms with van der Waals surface area (Å²) in [5.74, 6) is -6.81. The number of nitrogens with one attached hydrogen (secondary N) is 3. The second-order valence-corrected chi connectivity index (χ2v) is 7.71. The monoisotopic (exact) mass is 475 g/mol. The topological polar surface area (TPSA) is 251 Å². The van der Waals surface area contributed by atoms with E-state index in [0.717, 1.165) is 0 Å². The summed E-state index contributed by atoms with van der Waals surface area (Å²) in [6.45, 7) is 4.51. The number of carbonyl (C=O) groups is 6. The van der Waals surface area contributed by atoms with Crippen LogP contribution in [0.4, 0.5) is 0 Å². The van der Waals surface area contributed by atoms with E-state index >= 15 is 0 Å². The normalized spacial score (nSPS) is 16.3. The lowest BCUT2D eigenvalue weighted by Crippen LogP contribution is -2.59. The third-order valence-electron chi connectivity index (χ3n) is 4.88. The lowest BCUT2D eigenvalue weighted by molar-refractivity contribution is -0.145. The summed E-state index contributed by atoms with van der Waals surface area (Å²) in [6.07, 6.45) is -2.29. The fraction of sp³-hybridized carbons (Fsp3) is 0.684. The summed E-state index contributed by atoms with van der Waals surface area (Å²) in [5, 5.41) is 34.3. The largest absolute Gasteiger partial charge is 0.481 e. The Bertz CT molecular complexity index is 743. The molecule has 0 aliphatic rings. The molecule has 188 valence electrons. The van der Waals surface area contributed by atoms with Gasteiger partial charge in [-0.3, -0.25) is 24.0 Å². The molecule has 0 bridgehead atoms. The summed E-state index contributed by atoms with van der Waals surface area (Å²) >= 11 is 0. The van der Waals surface area contributed by atoms with Crippen molar-refractivity contribution in [3.05, 3.63) is 0 Å². The van der Waals surface area contributed by atoms with Crippen molar-refractivity contribution in [2.45, 2.75) is 76.7 Å². The molecular weight excluding hydrogens is 442 g/mol. The van der Waals surface area contributed by atoms with Crippen LogP contribution < -0.4 is 27.4 Å². The van der Waals surface area contributed by atoms with E-state index < -0.39 is 78.2 Å². The van der Waals surface area contributed by atoms with Gasteiger partial charge in [0.05, 0.1) is 18.6 Å². The van der Waals surface area contributed by atoms with Crippen molar-refractivity contribution in [1.82, 2.24) is 16.0 Å². The maximum atomic E-state index is 12.8. The van der Waals surface area contributed by atoms with Gasteiger partial charge >= 0.3 is 11.9 Å². The molecule has 0 fully saturated rings. The number of carboxylic acid groups (broad SMARTS) is 2. The molecule has 6 unspecified atom stereocenters. The first-order chi connectivity index (χ1) is 15.2.